The van der Waals surface area contributed by atoms with Crippen molar-refractivity contribution in [1.29, 1.82) is 0 Å². The summed E-state index contributed by atoms with van der Waals surface area (Å²) in [6.45, 7) is 11.4. The molecule has 3 rings (SSSR count). The van der Waals surface area contributed by atoms with Gasteiger partial charge >= 0.3 is 0 Å². The molecule has 1 N–H and O–H groups in total. The summed E-state index contributed by atoms with van der Waals surface area (Å²) in [7, 11) is 0. The fraction of sp³-hybridized carbons (Fsp3) is 0.444. The number of aryl methyl sites for hydroxylation is 1. The summed E-state index contributed by atoms with van der Waals surface area (Å²) in [5.41, 5.74) is 2.42. The van der Waals surface area contributed by atoms with Crippen LogP contribution in [-0.4, -0.2) is 25.5 Å². The maximum absolute atomic E-state index is 13.3. The van der Waals surface area contributed by atoms with Gasteiger partial charge in [0.2, 0.25) is 0 Å². The number of furan rings is 1. The van der Waals surface area contributed by atoms with E-state index in [1.807, 2.05) is 48.5 Å². The Labute approximate surface area is 186 Å². The Bertz CT molecular complexity index is 980. The lowest BCUT2D eigenvalue weighted by atomic mass is 9.97. The highest BCUT2D eigenvalue weighted by Crippen LogP contribution is 2.29. The number of benzene rings is 2. The number of carbonyl (C=O) groups is 1. The molecule has 31 heavy (non-hydrogen) atoms. The second-order valence-corrected chi connectivity index (χ2v) is 9.29. The molecule has 0 radical (unpaired) electrons. The molecule has 0 fully saturated rings. The van der Waals surface area contributed by atoms with Crippen molar-refractivity contribution >= 4 is 16.8 Å². The highest BCUT2D eigenvalue weighted by atomic mass is 16.5. The van der Waals surface area contributed by atoms with E-state index in [1.165, 1.54) is 0 Å². The highest BCUT2D eigenvalue weighted by molar-refractivity contribution is 6.16. The summed E-state index contributed by atoms with van der Waals surface area (Å²) < 4.78 is 11.9. The van der Waals surface area contributed by atoms with Crippen molar-refractivity contribution in [3.8, 4) is 5.75 Å². The fourth-order valence-corrected chi connectivity index (χ4v) is 3.56. The molecule has 0 aliphatic heterocycles. The number of ketones is 1. The lowest BCUT2D eigenvalue weighted by Gasteiger charge is -2.18. The van der Waals surface area contributed by atoms with Crippen molar-refractivity contribution in [1.82, 2.24) is 5.32 Å². The molecule has 166 valence electrons. The quantitative estimate of drug-likeness (QED) is 0.287. The molecule has 0 bridgehead atoms. The number of fused-ring (bicyclic) bond motifs is 1. The summed E-state index contributed by atoms with van der Waals surface area (Å²) in [5.74, 6) is 1.58. The molecule has 0 aliphatic rings. The maximum atomic E-state index is 13.3. The molecular weight excluding hydrogens is 386 g/mol. The van der Waals surface area contributed by atoms with Crippen LogP contribution < -0.4 is 10.1 Å². The van der Waals surface area contributed by atoms with E-state index in [0.717, 1.165) is 61.3 Å². The third kappa shape index (κ3) is 6.44. The van der Waals surface area contributed by atoms with E-state index >= 15 is 0 Å². The Morgan fingerprint density at radius 3 is 2.48 bits per heavy atom. The van der Waals surface area contributed by atoms with Crippen LogP contribution in [0.4, 0.5) is 0 Å². The first-order chi connectivity index (χ1) is 14.9. The van der Waals surface area contributed by atoms with Crippen molar-refractivity contribution in [2.75, 3.05) is 19.7 Å². The van der Waals surface area contributed by atoms with E-state index in [-0.39, 0.29) is 5.78 Å². The van der Waals surface area contributed by atoms with E-state index in [9.17, 15) is 4.79 Å². The lowest BCUT2D eigenvalue weighted by Crippen LogP contribution is -2.28. The zero-order valence-corrected chi connectivity index (χ0v) is 19.3. The fourth-order valence-electron chi connectivity index (χ4n) is 3.56. The zero-order valence-electron chi connectivity index (χ0n) is 19.3. The Morgan fingerprint density at radius 1 is 1.03 bits per heavy atom. The van der Waals surface area contributed by atoms with Gasteiger partial charge in [-0.2, -0.15) is 0 Å². The number of hydrogen-bond donors (Lipinski definition) is 1. The third-order valence-electron chi connectivity index (χ3n) is 5.19. The summed E-state index contributed by atoms with van der Waals surface area (Å²) in [6, 6.07) is 15.2. The van der Waals surface area contributed by atoms with Gasteiger partial charge in [-0.3, -0.25) is 4.79 Å². The number of unbranched alkanes of at least 4 members (excludes halogenated alkanes) is 1. The molecule has 0 atom stereocenters. The van der Waals surface area contributed by atoms with Gasteiger partial charge in [-0.1, -0.05) is 52.3 Å². The summed E-state index contributed by atoms with van der Waals surface area (Å²) in [4.78, 5) is 13.3. The molecule has 4 nitrogen and oxygen atoms in total. The standard InChI is InChI=1S/C27H35NO3/c1-5-6-11-24-25(22-10-7-8-12-23(22)31-24)26(29)20-13-15-21(16-14-20)30-18-9-17-28-19-27(2,3)4/h7-8,10,12-16,28H,5-6,9,11,17-19H2,1-4H3. The molecule has 0 amide bonds. The lowest BCUT2D eigenvalue weighted by molar-refractivity contribution is 0.103. The first-order valence-corrected chi connectivity index (χ1v) is 11.4. The van der Waals surface area contributed by atoms with Gasteiger partial charge in [0, 0.05) is 17.4 Å². The molecule has 1 aromatic heterocycles. The first-order valence-electron chi connectivity index (χ1n) is 11.4. The van der Waals surface area contributed by atoms with E-state index in [0.29, 0.717) is 23.1 Å². The summed E-state index contributed by atoms with van der Waals surface area (Å²) in [5, 5.41) is 4.34. The number of nitrogens with one attached hydrogen (secondary N) is 1. The average Bonchev–Trinajstić information content (AvgIpc) is 3.12. The molecule has 0 saturated heterocycles. The predicted molar refractivity (Wildman–Crippen MR) is 127 cm³/mol. The minimum Gasteiger partial charge on any atom is -0.494 e. The molecular formula is C27H35NO3. The summed E-state index contributed by atoms with van der Waals surface area (Å²) >= 11 is 0. The van der Waals surface area contributed by atoms with E-state index in [1.54, 1.807) is 0 Å². The average molecular weight is 422 g/mol. The second kappa shape index (κ2) is 10.6. The Kier molecular flexibility index (Phi) is 7.91. The second-order valence-electron chi connectivity index (χ2n) is 9.29. The van der Waals surface area contributed by atoms with Crippen LogP contribution in [0.3, 0.4) is 0 Å². The molecule has 0 aliphatic carbocycles. The normalized spacial score (nSPS) is 11.7. The third-order valence-corrected chi connectivity index (χ3v) is 5.19. The van der Waals surface area contributed by atoms with E-state index in [4.69, 9.17) is 9.15 Å². The van der Waals surface area contributed by atoms with Crippen molar-refractivity contribution in [2.45, 2.75) is 53.4 Å². The van der Waals surface area contributed by atoms with Crippen LogP contribution in [0, 0.1) is 5.41 Å². The molecule has 0 saturated carbocycles. The van der Waals surface area contributed by atoms with Crippen molar-refractivity contribution in [3.63, 3.8) is 0 Å². The monoisotopic (exact) mass is 421 g/mol. The molecule has 1 heterocycles. The van der Waals surface area contributed by atoms with Gasteiger partial charge in [-0.25, -0.2) is 0 Å². The molecule has 0 spiro atoms. The zero-order chi connectivity index (χ0) is 22.3. The Balaban J connectivity index is 1.63. The van der Waals surface area contributed by atoms with Gasteiger partial charge in [-0.15, -0.1) is 0 Å². The maximum Gasteiger partial charge on any atom is 0.197 e. The number of ether oxygens (including phenoxy) is 1. The first kappa shape index (κ1) is 23.1. The smallest absolute Gasteiger partial charge is 0.197 e. The van der Waals surface area contributed by atoms with Gasteiger partial charge in [0.25, 0.3) is 0 Å². The largest absolute Gasteiger partial charge is 0.494 e. The van der Waals surface area contributed by atoms with Crippen LogP contribution in [0.2, 0.25) is 0 Å². The van der Waals surface area contributed by atoms with Crippen LogP contribution in [0.15, 0.2) is 52.9 Å². The van der Waals surface area contributed by atoms with Gasteiger partial charge in [0.15, 0.2) is 5.78 Å². The van der Waals surface area contributed by atoms with E-state index < -0.39 is 0 Å². The molecule has 4 heteroatoms. The minimum absolute atomic E-state index is 0.00832. The van der Waals surface area contributed by atoms with Gasteiger partial charge in [0.1, 0.15) is 17.1 Å². The topological polar surface area (TPSA) is 51.5 Å². The van der Waals surface area contributed by atoms with Gasteiger partial charge in [0.05, 0.1) is 12.2 Å². The molecule has 3 aromatic rings. The van der Waals surface area contributed by atoms with Crippen LogP contribution in [0.1, 0.15) is 68.6 Å². The Morgan fingerprint density at radius 2 is 1.77 bits per heavy atom. The SMILES string of the molecule is CCCCc1oc2ccccc2c1C(=O)c1ccc(OCCCNCC(C)(C)C)cc1. The minimum atomic E-state index is 0.00832. The highest BCUT2D eigenvalue weighted by Gasteiger charge is 2.21. The Hall–Kier alpha value is -2.59. The van der Waals surface area contributed by atoms with Crippen LogP contribution in [0.25, 0.3) is 11.0 Å². The van der Waals surface area contributed by atoms with Gasteiger partial charge in [-0.05, 0) is 61.7 Å². The molecule has 2 aromatic carbocycles. The summed E-state index contributed by atoms with van der Waals surface area (Å²) in [6.07, 6.45) is 3.77. The molecule has 0 unspecified atom stereocenters. The number of para-hydroxylation sites is 1. The number of rotatable bonds is 11. The number of hydrogen-bond acceptors (Lipinski definition) is 4. The van der Waals surface area contributed by atoms with E-state index in [2.05, 4.69) is 33.0 Å². The number of carbonyl (C=O) groups excluding carboxylic acids is 1. The van der Waals surface area contributed by atoms with Crippen LogP contribution in [-0.2, 0) is 6.42 Å². The van der Waals surface area contributed by atoms with Crippen molar-refractivity contribution in [3.05, 3.63) is 65.4 Å². The van der Waals surface area contributed by atoms with Crippen molar-refractivity contribution < 1.29 is 13.9 Å². The van der Waals surface area contributed by atoms with Crippen LogP contribution >= 0.6 is 0 Å². The predicted octanol–water partition coefficient (Wildman–Crippen LogP) is 6.41. The van der Waals surface area contributed by atoms with Crippen LogP contribution in [0.5, 0.6) is 5.75 Å². The van der Waals surface area contributed by atoms with Gasteiger partial charge < -0.3 is 14.5 Å². The van der Waals surface area contributed by atoms with Crippen molar-refractivity contribution in [2.24, 2.45) is 5.41 Å².